The van der Waals surface area contributed by atoms with Gasteiger partial charge in [-0.2, -0.15) is 0 Å². The van der Waals surface area contributed by atoms with E-state index in [9.17, 15) is 4.39 Å². The maximum absolute atomic E-state index is 13.5. The fourth-order valence-corrected chi connectivity index (χ4v) is 3.51. The highest BCUT2D eigenvalue weighted by atomic mass is 19.1. The van der Waals surface area contributed by atoms with Crippen molar-refractivity contribution < 1.29 is 9.13 Å². The first kappa shape index (κ1) is 14.7. The summed E-state index contributed by atoms with van der Waals surface area (Å²) in [6, 6.07) is 12.9. The molecule has 0 aliphatic carbocycles. The second-order valence-electron chi connectivity index (χ2n) is 6.30. The molecule has 0 amide bonds. The summed E-state index contributed by atoms with van der Waals surface area (Å²) in [5.41, 5.74) is 3.10. The molecule has 0 aromatic heterocycles. The van der Waals surface area contributed by atoms with E-state index in [-0.39, 0.29) is 11.9 Å². The van der Waals surface area contributed by atoms with Crippen LogP contribution in [0.3, 0.4) is 0 Å². The van der Waals surface area contributed by atoms with Gasteiger partial charge in [-0.25, -0.2) is 4.39 Å². The zero-order chi connectivity index (χ0) is 15.6. The van der Waals surface area contributed by atoms with Crippen molar-refractivity contribution in [2.75, 3.05) is 32.7 Å². The Morgan fingerprint density at radius 2 is 1.96 bits per heavy atom. The Labute approximate surface area is 136 Å². The van der Waals surface area contributed by atoms with Crippen LogP contribution < -0.4 is 10.1 Å². The van der Waals surface area contributed by atoms with Crippen LogP contribution in [0.2, 0.25) is 0 Å². The van der Waals surface area contributed by atoms with E-state index in [0.717, 1.165) is 56.0 Å². The van der Waals surface area contributed by atoms with Crippen molar-refractivity contribution in [3.63, 3.8) is 0 Å². The molecular weight excluding hydrogens is 291 g/mol. The zero-order valence-corrected chi connectivity index (χ0v) is 13.1. The molecule has 120 valence electrons. The number of rotatable bonds is 3. The van der Waals surface area contributed by atoms with Crippen LogP contribution >= 0.6 is 0 Å². The number of para-hydroxylation sites is 1. The van der Waals surface area contributed by atoms with Gasteiger partial charge in [0, 0.05) is 44.7 Å². The predicted molar refractivity (Wildman–Crippen MR) is 89.3 cm³/mol. The molecule has 0 radical (unpaired) electrons. The van der Waals surface area contributed by atoms with Gasteiger partial charge in [0.2, 0.25) is 0 Å². The molecule has 0 spiro atoms. The molecule has 2 heterocycles. The second-order valence-corrected chi connectivity index (χ2v) is 6.30. The first-order valence-corrected chi connectivity index (χ1v) is 8.27. The van der Waals surface area contributed by atoms with Crippen molar-refractivity contribution >= 4 is 0 Å². The van der Waals surface area contributed by atoms with Crippen molar-refractivity contribution in [1.29, 1.82) is 0 Å². The van der Waals surface area contributed by atoms with Gasteiger partial charge < -0.3 is 10.1 Å². The third-order valence-electron chi connectivity index (χ3n) is 4.64. The molecule has 2 aromatic rings. The van der Waals surface area contributed by atoms with Gasteiger partial charge in [0.05, 0.1) is 0 Å². The molecule has 3 nitrogen and oxygen atoms in total. The normalized spacial score (nSPS) is 21.0. The minimum atomic E-state index is -0.213. The van der Waals surface area contributed by atoms with Crippen LogP contribution in [0.1, 0.15) is 5.56 Å². The van der Waals surface area contributed by atoms with Gasteiger partial charge in [-0.1, -0.05) is 30.3 Å². The highest BCUT2D eigenvalue weighted by molar-refractivity contribution is 5.73. The molecule has 2 aliphatic heterocycles. The number of hydrogen-bond acceptors (Lipinski definition) is 3. The third-order valence-corrected chi connectivity index (χ3v) is 4.64. The molecule has 1 atom stereocenters. The maximum atomic E-state index is 13.5. The van der Waals surface area contributed by atoms with E-state index in [4.69, 9.17) is 4.74 Å². The van der Waals surface area contributed by atoms with Crippen molar-refractivity contribution in [3.05, 3.63) is 53.8 Å². The van der Waals surface area contributed by atoms with Gasteiger partial charge in [-0.15, -0.1) is 0 Å². The average molecular weight is 312 g/mol. The summed E-state index contributed by atoms with van der Waals surface area (Å²) in [6.45, 7) is 5.21. The highest BCUT2D eigenvalue weighted by Gasteiger charge is 2.27. The Bertz CT molecular complexity index is 698. The quantitative estimate of drug-likeness (QED) is 0.943. The predicted octanol–water partition coefficient (Wildman–Crippen LogP) is 2.70. The molecule has 0 bridgehead atoms. The Balaban J connectivity index is 1.55. The molecule has 23 heavy (non-hydrogen) atoms. The Morgan fingerprint density at radius 3 is 2.78 bits per heavy atom. The van der Waals surface area contributed by atoms with Crippen LogP contribution in [0.5, 0.6) is 5.75 Å². The minimum absolute atomic E-state index is 0.192. The van der Waals surface area contributed by atoms with Gasteiger partial charge in [-0.3, -0.25) is 4.90 Å². The minimum Gasteiger partial charge on any atom is -0.488 e. The molecule has 1 unspecified atom stereocenters. The second kappa shape index (κ2) is 6.30. The van der Waals surface area contributed by atoms with Crippen LogP contribution in [0.25, 0.3) is 11.1 Å². The van der Waals surface area contributed by atoms with Gasteiger partial charge in [0.1, 0.15) is 17.7 Å². The summed E-state index contributed by atoms with van der Waals surface area (Å²) in [7, 11) is 0. The summed E-state index contributed by atoms with van der Waals surface area (Å²) in [5.74, 6) is 0.716. The van der Waals surface area contributed by atoms with Crippen LogP contribution in [-0.4, -0.2) is 43.7 Å². The van der Waals surface area contributed by atoms with Crippen LogP contribution in [0, 0.1) is 5.82 Å². The van der Waals surface area contributed by atoms with E-state index in [2.05, 4.69) is 16.3 Å². The van der Waals surface area contributed by atoms with Gasteiger partial charge in [0.25, 0.3) is 0 Å². The van der Waals surface area contributed by atoms with E-state index >= 15 is 0 Å². The van der Waals surface area contributed by atoms with Gasteiger partial charge in [0.15, 0.2) is 0 Å². The summed E-state index contributed by atoms with van der Waals surface area (Å²) in [4.78, 5) is 2.45. The summed E-state index contributed by atoms with van der Waals surface area (Å²) < 4.78 is 19.8. The Kier molecular flexibility index (Phi) is 4.02. The average Bonchev–Trinajstić information content (AvgIpc) is 2.98. The van der Waals surface area contributed by atoms with E-state index in [1.165, 1.54) is 11.6 Å². The largest absolute Gasteiger partial charge is 0.488 e. The van der Waals surface area contributed by atoms with Crippen LogP contribution in [0.4, 0.5) is 4.39 Å². The smallest absolute Gasteiger partial charge is 0.130 e. The molecule has 2 aliphatic rings. The fraction of sp³-hybridized carbons (Fsp3) is 0.368. The van der Waals surface area contributed by atoms with E-state index in [1.54, 1.807) is 12.1 Å². The lowest BCUT2D eigenvalue weighted by molar-refractivity contribution is 0.140. The molecule has 4 rings (SSSR count). The molecular formula is C19H21FN2O. The number of fused-ring (bicyclic) bond motifs is 1. The van der Waals surface area contributed by atoms with Crippen molar-refractivity contribution in [3.8, 4) is 16.9 Å². The molecule has 1 N–H and O–H groups in total. The maximum Gasteiger partial charge on any atom is 0.130 e. The molecule has 1 fully saturated rings. The number of ether oxygens (including phenoxy) is 1. The first-order valence-electron chi connectivity index (χ1n) is 8.27. The first-order chi connectivity index (χ1) is 11.3. The Hall–Kier alpha value is -1.91. The molecule has 1 saturated heterocycles. The lowest BCUT2D eigenvalue weighted by Gasteiger charge is -2.29. The van der Waals surface area contributed by atoms with E-state index < -0.39 is 0 Å². The Morgan fingerprint density at radius 1 is 1.13 bits per heavy atom. The number of piperazine rings is 1. The molecule has 2 aromatic carbocycles. The van der Waals surface area contributed by atoms with Crippen molar-refractivity contribution in [2.24, 2.45) is 0 Å². The van der Waals surface area contributed by atoms with Crippen LogP contribution in [-0.2, 0) is 6.42 Å². The van der Waals surface area contributed by atoms with Crippen molar-refractivity contribution in [1.82, 2.24) is 10.2 Å². The topological polar surface area (TPSA) is 24.5 Å². The van der Waals surface area contributed by atoms with Crippen LogP contribution in [0.15, 0.2) is 42.5 Å². The third kappa shape index (κ3) is 3.09. The standard InChI is InChI=1S/C19H21FN2O/c20-16-5-1-3-14(11-16)18-6-2-4-15-12-17(23-19(15)18)13-22-9-7-21-8-10-22/h1-6,11,17,21H,7-10,12-13H2. The molecule has 0 saturated carbocycles. The number of nitrogens with one attached hydrogen (secondary N) is 1. The summed E-state index contributed by atoms with van der Waals surface area (Å²) in [5, 5.41) is 3.37. The highest BCUT2D eigenvalue weighted by Crippen LogP contribution is 2.39. The molecule has 4 heteroatoms. The monoisotopic (exact) mass is 312 g/mol. The fourth-order valence-electron chi connectivity index (χ4n) is 3.51. The van der Waals surface area contributed by atoms with Gasteiger partial charge >= 0.3 is 0 Å². The number of nitrogens with zero attached hydrogens (tertiary/aromatic N) is 1. The van der Waals surface area contributed by atoms with Crippen molar-refractivity contribution in [2.45, 2.75) is 12.5 Å². The van der Waals surface area contributed by atoms with E-state index in [1.807, 2.05) is 18.2 Å². The number of benzene rings is 2. The lowest BCUT2D eigenvalue weighted by atomic mass is 10.0. The number of hydrogen-bond donors (Lipinski definition) is 1. The SMILES string of the molecule is Fc1cccc(-c2cccc3c2OC(CN2CCNCC2)C3)c1. The number of halogens is 1. The van der Waals surface area contributed by atoms with Gasteiger partial charge in [-0.05, 0) is 23.3 Å². The zero-order valence-electron chi connectivity index (χ0n) is 13.1. The lowest BCUT2D eigenvalue weighted by Crippen LogP contribution is -2.47. The van der Waals surface area contributed by atoms with E-state index in [0.29, 0.717) is 0 Å². The summed E-state index contributed by atoms with van der Waals surface area (Å²) >= 11 is 0. The summed E-state index contributed by atoms with van der Waals surface area (Å²) in [6.07, 6.45) is 1.13.